The molecule has 0 saturated carbocycles. The monoisotopic (exact) mass is 276 g/mol. The van der Waals surface area contributed by atoms with Gasteiger partial charge in [-0.25, -0.2) is 0 Å². The summed E-state index contributed by atoms with van der Waals surface area (Å²) >= 11 is 3.44. The Balaban J connectivity index is 2.33. The number of nitrogens with zero attached hydrogens (tertiary/aromatic N) is 1. The molecule has 2 nitrogen and oxygen atoms in total. The molecule has 0 bridgehead atoms. The first-order valence-electron chi connectivity index (χ1n) is 5.14. The normalized spacial score (nSPS) is 12.4. The largest absolute Gasteiger partial charge is 0.309 e. The van der Waals surface area contributed by atoms with Crippen LogP contribution < -0.4 is 5.32 Å². The number of halogens is 1. The van der Waals surface area contributed by atoms with Crippen molar-refractivity contribution < 1.29 is 0 Å². The molecule has 16 heavy (non-hydrogen) atoms. The number of nitrogens with one attached hydrogen (secondary N) is 1. The van der Waals surface area contributed by atoms with Crippen LogP contribution in [0.5, 0.6) is 0 Å². The molecule has 1 aromatic carbocycles. The van der Waals surface area contributed by atoms with Crippen LogP contribution in [-0.2, 0) is 0 Å². The van der Waals surface area contributed by atoms with E-state index in [-0.39, 0.29) is 6.04 Å². The summed E-state index contributed by atoms with van der Waals surface area (Å²) in [7, 11) is 1.97. The zero-order valence-corrected chi connectivity index (χ0v) is 10.6. The van der Waals surface area contributed by atoms with Gasteiger partial charge in [0.15, 0.2) is 0 Å². The van der Waals surface area contributed by atoms with E-state index in [1.165, 1.54) is 11.1 Å². The minimum Gasteiger partial charge on any atom is -0.309 e. The van der Waals surface area contributed by atoms with E-state index >= 15 is 0 Å². The summed E-state index contributed by atoms with van der Waals surface area (Å²) in [6, 6.07) is 12.6. The summed E-state index contributed by atoms with van der Waals surface area (Å²) in [6.45, 7) is 0. The van der Waals surface area contributed by atoms with Gasteiger partial charge in [-0.3, -0.25) is 4.98 Å². The molecule has 0 fully saturated rings. The lowest BCUT2D eigenvalue weighted by atomic mass is 10.0. The molecule has 2 rings (SSSR count). The lowest BCUT2D eigenvalue weighted by molar-refractivity contribution is 0.690. The van der Waals surface area contributed by atoms with Gasteiger partial charge in [0.05, 0.1) is 6.04 Å². The number of rotatable bonds is 3. The molecule has 1 unspecified atom stereocenters. The van der Waals surface area contributed by atoms with Gasteiger partial charge in [-0.05, 0) is 42.4 Å². The minimum atomic E-state index is 0.219. The minimum absolute atomic E-state index is 0.219. The molecule has 1 heterocycles. The maximum Gasteiger partial charge on any atom is 0.0575 e. The summed E-state index contributed by atoms with van der Waals surface area (Å²) in [5.74, 6) is 0. The first-order chi connectivity index (χ1) is 7.81. The molecule has 0 aliphatic carbocycles. The Hall–Kier alpha value is -1.19. The molecule has 2 aromatic rings. The molecule has 1 aromatic heterocycles. The molecule has 0 radical (unpaired) electrons. The van der Waals surface area contributed by atoms with Crippen LogP contribution in [0, 0.1) is 0 Å². The third-order valence-corrected chi connectivity index (χ3v) is 3.06. The Morgan fingerprint density at radius 3 is 2.12 bits per heavy atom. The van der Waals surface area contributed by atoms with Gasteiger partial charge in [-0.2, -0.15) is 0 Å². The number of pyridine rings is 1. The van der Waals surface area contributed by atoms with Crippen molar-refractivity contribution in [1.82, 2.24) is 10.3 Å². The molecule has 0 spiro atoms. The van der Waals surface area contributed by atoms with E-state index in [1.54, 1.807) is 0 Å². The fraction of sp³-hybridized carbons (Fsp3) is 0.154. The Kier molecular flexibility index (Phi) is 3.70. The SMILES string of the molecule is CNC(c1ccncc1)c1ccc(Br)cc1. The van der Waals surface area contributed by atoms with Gasteiger partial charge < -0.3 is 5.32 Å². The van der Waals surface area contributed by atoms with Crippen molar-refractivity contribution in [2.45, 2.75) is 6.04 Å². The van der Waals surface area contributed by atoms with Crippen molar-refractivity contribution in [3.63, 3.8) is 0 Å². The highest BCUT2D eigenvalue weighted by molar-refractivity contribution is 9.10. The average molecular weight is 277 g/mol. The van der Waals surface area contributed by atoms with Gasteiger partial charge in [-0.1, -0.05) is 28.1 Å². The van der Waals surface area contributed by atoms with Crippen LogP contribution in [0.25, 0.3) is 0 Å². The van der Waals surface area contributed by atoms with Crippen LogP contribution >= 0.6 is 15.9 Å². The summed E-state index contributed by atoms with van der Waals surface area (Å²) in [5, 5.41) is 3.31. The summed E-state index contributed by atoms with van der Waals surface area (Å²) in [4.78, 5) is 4.03. The van der Waals surface area contributed by atoms with E-state index in [0.717, 1.165) is 4.47 Å². The van der Waals surface area contributed by atoms with Gasteiger partial charge >= 0.3 is 0 Å². The molecule has 1 atom stereocenters. The maximum absolute atomic E-state index is 4.03. The molecule has 1 N–H and O–H groups in total. The lowest BCUT2D eigenvalue weighted by Crippen LogP contribution is -2.17. The van der Waals surface area contributed by atoms with Crippen LogP contribution in [0.1, 0.15) is 17.2 Å². The quantitative estimate of drug-likeness (QED) is 0.932. The second kappa shape index (κ2) is 5.23. The van der Waals surface area contributed by atoms with Crippen molar-refractivity contribution in [2.24, 2.45) is 0 Å². The first kappa shape index (κ1) is 11.3. The fourth-order valence-electron chi connectivity index (χ4n) is 1.74. The molecule has 0 aliphatic heterocycles. The van der Waals surface area contributed by atoms with Crippen molar-refractivity contribution in [2.75, 3.05) is 7.05 Å². The zero-order chi connectivity index (χ0) is 11.4. The van der Waals surface area contributed by atoms with Crippen molar-refractivity contribution in [3.8, 4) is 0 Å². The molecule has 0 saturated heterocycles. The highest BCUT2D eigenvalue weighted by atomic mass is 79.9. The molecule has 82 valence electrons. The number of aromatic nitrogens is 1. The van der Waals surface area contributed by atoms with E-state index in [1.807, 2.05) is 31.6 Å². The van der Waals surface area contributed by atoms with Gasteiger partial charge in [0.2, 0.25) is 0 Å². The summed E-state index contributed by atoms with van der Waals surface area (Å²) in [5.41, 5.74) is 2.47. The third-order valence-electron chi connectivity index (χ3n) is 2.53. The van der Waals surface area contributed by atoms with Crippen LogP contribution in [0.2, 0.25) is 0 Å². The van der Waals surface area contributed by atoms with Gasteiger partial charge in [0, 0.05) is 16.9 Å². The maximum atomic E-state index is 4.03. The van der Waals surface area contributed by atoms with Crippen molar-refractivity contribution in [1.29, 1.82) is 0 Å². The second-order valence-electron chi connectivity index (χ2n) is 3.55. The molecule has 0 amide bonds. The lowest BCUT2D eigenvalue weighted by Gasteiger charge is -2.16. The number of benzene rings is 1. The zero-order valence-electron chi connectivity index (χ0n) is 9.02. The van der Waals surface area contributed by atoms with Crippen molar-refractivity contribution >= 4 is 15.9 Å². The summed E-state index contributed by atoms with van der Waals surface area (Å²) < 4.78 is 1.10. The van der Waals surface area contributed by atoms with Crippen LogP contribution in [0.15, 0.2) is 53.3 Å². The number of hydrogen-bond donors (Lipinski definition) is 1. The topological polar surface area (TPSA) is 24.9 Å². The molecule has 0 aliphatic rings. The Morgan fingerprint density at radius 2 is 1.56 bits per heavy atom. The van der Waals surface area contributed by atoms with E-state index in [0.29, 0.717) is 0 Å². The predicted octanol–water partition coefficient (Wildman–Crippen LogP) is 3.15. The highest BCUT2D eigenvalue weighted by Crippen LogP contribution is 2.22. The summed E-state index contributed by atoms with van der Waals surface area (Å²) in [6.07, 6.45) is 3.64. The van der Waals surface area contributed by atoms with Gasteiger partial charge in [0.25, 0.3) is 0 Å². The van der Waals surface area contributed by atoms with Crippen LogP contribution in [-0.4, -0.2) is 12.0 Å². The Morgan fingerprint density at radius 1 is 1.00 bits per heavy atom. The smallest absolute Gasteiger partial charge is 0.0575 e. The molecule has 3 heteroatoms. The number of hydrogen-bond acceptors (Lipinski definition) is 2. The molecular formula is C13H13BrN2. The third kappa shape index (κ3) is 2.49. The van der Waals surface area contributed by atoms with E-state index in [4.69, 9.17) is 0 Å². The van der Waals surface area contributed by atoms with Gasteiger partial charge in [-0.15, -0.1) is 0 Å². The Labute approximate surface area is 104 Å². The highest BCUT2D eigenvalue weighted by Gasteiger charge is 2.10. The first-order valence-corrected chi connectivity index (χ1v) is 5.93. The predicted molar refractivity (Wildman–Crippen MR) is 69.3 cm³/mol. The van der Waals surface area contributed by atoms with Crippen molar-refractivity contribution in [3.05, 3.63) is 64.4 Å². The fourth-order valence-corrected chi connectivity index (χ4v) is 2.00. The van der Waals surface area contributed by atoms with Gasteiger partial charge in [0.1, 0.15) is 0 Å². The van der Waals surface area contributed by atoms with E-state index < -0.39 is 0 Å². The van der Waals surface area contributed by atoms with E-state index in [2.05, 4.69) is 50.5 Å². The second-order valence-corrected chi connectivity index (χ2v) is 4.47. The average Bonchev–Trinajstić information content (AvgIpc) is 2.34. The Bertz CT molecular complexity index is 439. The van der Waals surface area contributed by atoms with E-state index in [9.17, 15) is 0 Å². The van der Waals surface area contributed by atoms with Crippen LogP contribution in [0.4, 0.5) is 0 Å². The molecular weight excluding hydrogens is 264 g/mol. The van der Waals surface area contributed by atoms with Crippen LogP contribution in [0.3, 0.4) is 0 Å². The standard InChI is InChI=1S/C13H13BrN2/c1-15-13(11-6-8-16-9-7-11)10-2-4-12(14)5-3-10/h2-9,13,15H,1H3.